The molecule has 1 aromatic heterocycles. The molecule has 0 spiro atoms. The van der Waals surface area contributed by atoms with Gasteiger partial charge in [0.1, 0.15) is 5.69 Å². The molecule has 0 aliphatic carbocycles. The van der Waals surface area contributed by atoms with Crippen molar-refractivity contribution < 1.29 is 28.2 Å². The maximum atomic E-state index is 12.3. The van der Waals surface area contributed by atoms with Crippen LogP contribution in [0.5, 0.6) is 0 Å². The van der Waals surface area contributed by atoms with E-state index in [9.17, 15) is 18.0 Å². The summed E-state index contributed by atoms with van der Waals surface area (Å²) in [5.41, 5.74) is -2.45. The van der Waals surface area contributed by atoms with Crippen LogP contribution in [0.25, 0.3) is 0 Å². The largest absolute Gasteiger partial charge is 0.433 e. The molecule has 0 aliphatic heterocycles. The van der Waals surface area contributed by atoms with Crippen LogP contribution in [0.3, 0.4) is 0 Å². The Kier molecular flexibility index (Phi) is 4.48. The number of carbonyl (C=O) groups is 1. The Hall–Kier alpha value is -1.67. The number of carbonyl (C=O) groups excluding carboxylic acids is 1. The number of aliphatic hydroxyl groups excluding tert-OH is 2. The lowest BCUT2D eigenvalue weighted by atomic mass is 10.0. The van der Waals surface area contributed by atoms with E-state index >= 15 is 0 Å². The first-order chi connectivity index (χ1) is 8.72. The van der Waals surface area contributed by atoms with Gasteiger partial charge < -0.3 is 15.5 Å². The van der Waals surface area contributed by atoms with Gasteiger partial charge in [0, 0.05) is 6.20 Å². The fourth-order valence-corrected chi connectivity index (χ4v) is 1.17. The zero-order valence-corrected chi connectivity index (χ0v) is 10.0. The minimum absolute atomic E-state index is 0.0962. The topological polar surface area (TPSA) is 82.5 Å². The van der Waals surface area contributed by atoms with Crippen LogP contribution in [0.4, 0.5) is 13.2 Å². The number of nitrogens with one attached hydrogen (secondary N) is 1. The Morgan fingerprint density at radius 3 is 2.26 bits per heavy atom. The van der Waals surface area contributed by atoms with Crippen molar-refractivity contribution in [1.29, 1.82) is 0 Å². The van der Waals surface area contributed by atoms with Crippen LogP contribution in [-0.2, 0) is 6.18 Å². The van der Waals surface area contributed by atoms with Crippen LogP contribution in [-0.4, -0.2) is 39.9 Å². The lowest BCUT2D eigenvalue weighted by molar-refractivity contribution is -0.141. The van der Waals surface area contributed by atoms with Gasteiger partial charge in [-0.15, -0.1) is 0 Å². The molecule has 0 atom stereocenters. The van der Waals surface area contributed by atoms with Crippen LogP contribution >= 0.6 is 0 Å². The highest BCUT2D eigenvalue weighted by Crippen LogP contribution is 2.27. The normalized spacial score (nSPS) is 12.3. The zero-order valence-electron chi connectivity index (χ0n) is 10.0. The monoisotopic (exact) mass is 278 g/mol. The lowest BCUT2D eigenvalue weighted by Gasteiger charge is -2.26. The van der Waals surface area contributed by atoms with Gasteiger partial charge in [-0.25, -0.2) is 0 Å². The average Bonchev–Trinajstić information content (AvgIpc) is 2.37. The fourth-order valence-electron chi connectivity index (χ4n) is 1.17. The first-order valence-corrected chi connectivity index (χ1v) is 5.29. The van der Waals surface area contributed by atoms with E-state index in [4.69, 9.17) is 10.2 Å². The molecule has 5 nitrogen and oxygen atoms in total. The number of aromatic nitrogens is 1. The van der Waals surface area contributed by atoms with Crippen LogP contribution in [0.15, 0.2) is 18.3 Å². The van der Waals surface area contributed by atoms with E-state index in [1.165, 1.54) is 6.92 Å². The standard InChI is InChI=1S/C11H13F3N2O3/c1-10(5-17,6-18)16-9(19)7-2-3-8(15-4-7)11(12,13)14/h2-4,17-18H,5-6H2,1H3,(H,16,19). The number of pyridine rings is 1. The maximum Gasteiger partial charge on any atom is 0.433 e. The molecule has 0 unspecified atom stereocenters. The number of halogens is 3. The molecular formula is C11H13F3N2O3. The second-order valence-electron chi connectivity index (χ2n) is 4.26. The predicted octanol–water partition coefficient (Wildman–Crippen LogP) is 0.573. The lowest BCUT2D eigenvalue weighted by Crippen LogP contribution is -2.51. The summed E-state index contributed by atoms with van der Waals surface area (Å²) in [6.07, 6.45) is -3.78. The van der Waals surface area contributed by atoms with Gasteiger partial charge in [0.05, 0.1) is 24.3 Å². The average molecular weight is 278 g/mol. The summed E-state index contributed by atoms with van der Waals surface area (Å²) in [4.78, 5) is 14.8. The molecule has 1 aromatic rings. The van der Waals surface area contributed by atoms with Gasteiger partial charge in [-0.2, -0.15) is 13.2 Å². The summed E-state index contributed by atoms with van der Waals surface area (Å²) in [7, 11) is 0. The van der Waals surface area contributed by atoms with Crippen molar-refractivity contribution in [2.24, 2.45) is 0 Å². The fraction of sp³-hybridized carbons (Fsp3) is 0.455. The van der Waals surface area contributed by atoms with Crippen molar-refractivity contribution in [2.45, 2.75) is 18.6 Å². The predicted molar refractivity (Wildman–Crippen MR) is 59.3 cm³/mol. The van der Waals surface area contributed by atoms with Gasteiger partial charge in [-0.3, -0.25) is 9.78 Å². The summed E-state index contributed by atoms with van der Waals surface area (Å²) in [5, 5.41) is 20.3. The number of amides is 1. The molecule has 1 amide bonds. The van der Waals surface area contributed by atoms with E-state index in [0.717, 1.165) is 12.3 Å². The second kappa shape index (κ2) is 5.54. The summed E-state index contributed by atoms with van der Waals surface area (Å²) >= 11 is 0. The molecule has 106 valence electrons. The Labute approximate surface area is 107 Å². The van der Waals surface area contributed by atoms with Crippen molar-refractivity contribution in [3.05, 3.63) is 29.6 Å². The Balaban J connectivity index is 2.85. The molecule has 1 rings (SSSR count). The van der Waals surface area contributed by atoms with Gasteiger partial charge in [0.2, 0.25) is 0 Å². The van der Waals surface area contributed by atoms with E-state index in [-0.39, 0.29) is 5.56 Å². The van der Waals surface area contributed by atoms with Crippen molar-refractivity contribution in [2.75, 3.05) is 13.2 Å². The van der Waals surface area contributed by atoms with Gasteiger partial charge in [0.15, 0.2) is 0 Å². The maximum absolute atomic E-state index is 12.3. The van der Waals surface area contributed by atoms with E-state index in [1.54, 1.807) is 0 Å². The molecule has 1 heterocycles. The zero-order chi connectivity index (χ0) is 14.7. The summed E-state index contributed by atoms with van der Waals surface area (Å²) in [5.74, 6) is -0.730. The molecule has 0 aliphatic rings. The molecule has 0 radical (unpaired) electrons. The quantitative estimate of drug-likeness (QED) is 0.752. The van der Waals surface area contributed by atoms with Gasteiger partial charge in [-0.1, -0.05) is 0 Å². The highest BCUT2D eigenvalue weighted by Gasteiger charge is 2.32. The number of nitrogens with zero attached hydrogens (tertiary/aromatic N) is 1. The molecule has 19 heavy (non-hydrogen) atoms. The molecule has 3 N–H and O–H groups in total. The summed E-state index contributed by atoms with van der Waals surface area (Å²) in [6.45, 7) is 0.370. The van der Waals surface area contributed by atoms with E-state index in [0.29, 0.717) is 6.07 Å². The number of aliphatic hydroxyl groups is 2. The highest BCUT2D eigenvalue weighted by atomic mass is 19.4. The molecule has 0 aromatic carbocycles. The van der Waals surface area contributed by atoms with Crippen molar-refractivity contribution >= 4 is 5.91 Å². The molecule has 0 saturated heterocycles. The SMILES string of the molecule is CC(CO)(CO)NC(=O)c1ccc(C(F)(F)F)nc1. The Bertz CT molecular complexity index is 441. The molecule has 8 heteroatoms. The van der Waals surface area contributed by atoms with Gasteiger partial charge in [0.25, 0.3) is 5.91 Å². The van der Waals surface area contributed by atoms with Crippen molar-refractivity contribution in [3.63, 3.8) is 0 Å². The smallest absolute Gasteiger partial charge is 0.394 e. The van der Waals surface area contributed by atoms with Crippen LogP contribution in [0.1, 0.15) is 23.0 Å². The summed E-state index contributed by atoms with van der Waals surface area (Å²) < 4.78 is 36.8. The minimum Gasteiger partial charge on any atom is -0.394 e. The van der Waals surface area contributed by atoms with Crippen LogP contribution < -0.4 is 5.32 Å². The Morgan fingerprint density at radius 1 is 1.32 bits per heavy atom. The highest BCUT2D eigenvalue weighted by molar-refractivity contribution is 5.94. The molecule has 0 fully saturated rings. The first-order valence-electron chi connectivity index (χ1n) is 5.29. The summed E-state index contributed by atoms with van der Waals surface area (Å²) in [6, 6.07) is 1.66. The van der Waals surface area contributed by atoms with Gasteiger partial charge >= 0.3 is 6.18 Å². The second-order valence-corrected chi connectivity index (χ2v) is 4.26. The minimum atomic E-state index is -4.57. The number of rotatable bonds is 4. The van der Waals surface area contributed by atoms with Gasteiger partial charge in [-0.05, 0) is 19.1 Å². The third-order valence-corrected chi connectivity index (χ3v) is 2.43. The van der Waals surface area contributed by atoms with Crippen LogP contribution in [0.2, 0.25) is 0 Å². The number of hydrogen-bond acceptors (Lipinski definition) is 4. The third-order valence-electron chi connectivity index (χ3n) is 2.43. The molecule has 0 saturated carbocycles. The van der Waals surface area contributed by atoms with Crippen molar-refractivity contribution in [1.82, 2.24) is 10.3 Å². The number of hydrogen-bond donors (Lipinski definition) is 3. The number of alkyl halides is 3. The molecular weight excluding hydrogens is 265 g/mol. The van der Waals surface area contributed by atoms with E-state index < -0.39 is 36.5 Å². The Morgan fingerprint density at radius 2 is 1.89 bits per heavy atom. The van der Waals surface area contributed by atoms with Crippen molar-refractivity contribution in [3.8, 4) is 0 Å². The van der Waals surface area contributed by atoms with Crippen LogP contribution in [0, 0.1) is 0 Å². The molecule has 0 bridgehead atoms. The third kappa shape index (κ3) is 3.90. The first kappa shape index (κ1) is 15.4. The van der Waals surface area contributed by atoms with E-state index in [1.807, 2.05) is 0 Å². The van der Waals surface area contributed by atoms with E-state index in [2.05, 4.69) is 10.3 Å².